The number of hydrogen-bond donors (Lipinski definition) is 2. The molecule has 2 aliphatic heterocycles. The van der Waals surface area contributed by atoms with Gasteiger partial charge in [-0.1, -0.05) is 0 Å². The molecule has 3 rings (SSSR count). The van der Waals surface area contributed by atoms with E-state index in [4.69, 9.17) is 4.74 Å². The molecule has 0 unspecified atom stereocenters. The molecule has 0 bridgehead atoms. The van der Waals surface area contributed by atoms with E-state index >= 15 is 0 Å². The quantitative estimate of drug-likeness (QED) is 0.816. The van der Waals surface area contributed by atoms with Crippen LogP contribution in [0.15, 0.2) is 18.3 Å². The molecule has 1 spiro atoms. The lowest BCUT2D eigenvalue weighted by atomic mass is 9.76. The highest BCUT2D eigenvalue weighted by atomic mass is 16.5. The smallest absolute Gasteiger partial charge is 0.106 e. The third kappa shape index (κ3) is 2.91. The number of hydrogen-bond acceptors (Lipinski definition) is 5. The molecular formula is C16H24N2O3. The highest BCUT2D eigenvalue weighted by molar-refractivity contribution is 5.47. The summed E-state index contributed by atoms with van der Waals surface area (Å²) in [6.07, 6.45) is 3.30. The molecule has 21 heavy (non-hydrogen) atoms. The van der Waals surface area contributed by atoms with E-state index in [1.54, 1.807) is 6.92 Å². The third-order valence-electron chi connectivity index (χ3n) is 4.87. The molecule has 0 aromatic carbocycles. The first-order valence-corrected chi connectivity index (χ1v) is 7.62. The van der Waals surface area contributed by atoms with Gasteiger partial charge in [0.1, 0.15) is 6.10 Å². The van der Waals surface area contributed by atoms with Crippen LogP contribution in [0.4, 0.5) is 5.69 Å². The van der Waals surface area contributed by atoms with Crippen molar-refractivity contribution in [2.45, 2.75) is 50.4 Å². The van der Waals surface area contributed by atoms with Gasteiger partial charge in [-0.15, -0.1) is 0 Å². The molecule has 2 atom stereocenters. The SMILES string of the molecule is Cc1cc(N2CCC3(CC2)C[C@](C)(O)[C@@H](O)CO3)ccn1. The van der Waals surface area contributed by atoms with Crippen LogP contribution in [-0.4, -0.2) is 52.2 Å². The van der Waals surface area contributed by atoms with Gasteiger partial charge in [0.05, 0.1) is 17.8 Å². The first-order valence-electron chi connectivity index (χ1n) is 7.62. The number of ether oxygens (including phenoxy) is 1. The normalized spacial score (nSPS) is 32.4. The van der Waals surface area contributed by atoms with Crippen molar-refractivity contribution in [2.75, 3.05) is 24.6 Å². The molecule has 2 aliphatic rings. The lowest BCUT2D eigenvalue weighted by molar-refractivity contribution is -0.216. The molecule has 1 aromatic heterocycles. The number of pyridine rings is 1. The predicted octanol–water partition coefficient (Wildman–Crippen LogP) is 1.26. The van der Waals surface area contributed by atoms with Crippen LogP contribution in [0.2, 0.25) is 0 Å². The lowest BCUT2D eigenvalue weighted by Crippen LogP contribution is -2.59. The van der Waals surface area contributed by atoms with E-state index in [1.807, 2.05) is 19.2 Å². The van der Waals surface area contributed by atoms with Gasteiger partial charge in [-0.05, 0) is 38.8 Å². The Morgan fingerprint density at radius 2 is 2.10 bits per heavy atom. The summed E-state index contributed by atoms with van der Waals surface area (Å²) in [6, 6.07) is 4.13. The highest BCUT2D eigenvalue weighted by Crippen LogP contribution is 2.40. The molecule has 5 heteroatoms. The van der Waals surface area contributed by atoms with E-state index in [9.17, 15) is 10.2 Å². The van der Waals surface area contributed by atoms with Gasteiger partial charge < -0.3 is 19.8 Å². The minimum Gasteiger partial charge on any atom is -0.388 e. The largest absolute Gasteiger partial charge is 0.388 e. The Bertz CT molecular complexity index is 510. The summed E-state index contributed by atoms with van der Waals surface area (Å²) in [4.78, 5) is 6.57. The lowest BCUT2D eigenvalue weighted by Gasteiger charge is -2.50. The Morgan fingerprint density at radius 3 is 2.71 bits per heavy atom. The molecule has 0 saturated carbocycles. The van der Waals surface area contributed by atoms with Crippen molar-refractivity contribution >= 4 is 5.69 Å². The second kappa shape index (κ2) is 5.23. The van der Waals surface area contributed by atoms with E-state index in [2.05, 4.69) is 16.0 Å². The zero-order valence-corrected chi connectivity index (χ0v) is 12.7. The fraction of sp³-hybridized carbons (Fsp3) is 0.688. The number of aryl methyl sites for hydroxylation is 1. The second-order valence-corrected chi connectivity index (χ2v) is 6.69. The van der Waals surface area contributed by atoms with Crippen LogP contribution in [0.5, 0.6) is 0 Å². The average molecular weight is 292 g/mol. The number of aromatic nitrogens is 1. The second-order valence-electron chi connectivity index (χ2n) is 6.69. The maximum atomic E-state index is 10.3. The van der Waals surface area contributed by atoms with E-state index < -0.39 is 11.7 Å². The van der Waals surface area contributed by atoms with Gasteiger partial charge in [-0.25, -0.2) is 0 Å². The predicted molar refractivity (Wildman–Crippen MR) is 80.4 cm³/mol. The summed E-state index contributed by atoms with van der Waals surface area (Å²) in [5, 5.41) is 20.1. The zero-order chi connectivity index (χ0) is 15.1. The summed E-state index contributed by atoms with van der Waals surface area (Å²) in [5.41, 5.74) is 0.877. The zero-order valence-electron chi connectivity index (χ0n) is 12.7. The van der Waals surface area contributed by atoms with Gasteiger partial charge in [-0.2, -0.15) is 0 Å². The molecule has 3 heterocycles. The highest BCUT2D eigenvalue weighted by Gasteiger charge is 2.48. The number of piperidine rings is 1. The van der Waals surface area contributed by atoms with Crippen molar-refractivity contribution in [3.8, 4) is 0 Å². The van der Waals surface area contributed by atoms with Crippen LogP contribution in [0.1, 0.15) is 31.9 Å². The average Bonchev–Trinajstić information content (AvgIpc) is 2.44. The minimum atomic E-state index is -1.05. The number of nitrogens with zero attached hydrogens (tertiary/aromatic N) is 2. The van der Waals surface area contributed by atoms with Crippen LogP contribution in [-0.2, 0) is 4.74 Å². The van der Waals surface area contributed by atoms with Crippen LogP contribution in [0.25, 0.3) is 0 Å². The number of aliphatic hydroxyl groups excluding tert-OH is 1. The Morgan fingerprint density at radius 1 is 1.38 bits per heavy atom. The van der Waals surface area contributed by atoms with E-state index in [-0.39, 0.29) is 12.2 Å². The molecule has 116 valence electrons. The summed E-state index contributed by atoms with van der Waals surface area (Å²) in [5.74, 6) is 0. The Hall–Kier alpha value is -1.17. The van der Waals surface area contributed by atoms with Crippen LogP contribution < -0.4 is 4.90 Å². The Balaban J connectivity index is 1.68. The molecule has 0 amide bonds. The van der Waals surface area contributed by atoms with Gasteiger partial charge in [0.15, 0.2) is 0 Å². The monoisotopic (exact) mass is 292 g/mol. The van der Waals surface area contributed by atoms with E-state index in [0.717, 1.165) is 31.6 Å². The molecular weight excluding hydrogens is 268 g/mol. The van der Waals surface area contributed by atoms with Crippen LogP contribution >= 0.6 is 0 Å². The van der Waals surface area contributed by atoms with Gasteiger partial charge >= 0.3 is 0 Å². The molecule has 5 nitrogen and oxygen atoms in total. The maximum absolute atomic E-state index is 10.3. The van der Waals surface area contributed by atoms with Gasteiger partial charge in [0.25, 0.3) is 0 Å². The molecule has 2 fully saturated rings. The minimum absolute atomic E-state index is 0.224. The van der Waals surface area contributed by atoms with E-state index in [0.29, 0.717) is 6.42 Å². The molecule has 2 saturated heterocycles. The summed E-state index contributed by atoms with van der Waals surface area (Å²) in [6.45, 7) is 5.73. The topological polar surface area (TPSA) is 65.8 Å². The first kappa shape index (κ1) is 14.8. The first-order chi connectivity index (χ1) is 9.90. The van der Waals surface area contributed by atoms with Crippen molar-refractivity contribution in [1.82, 2.24) is 4.98 Å². The summed E-state index contributed by atoms with van der Waals surface area (Å²) >= 11 is 0. The van der Waals surface area contributed by atoms with Crippen molar-refractivity contribution < 1.29 is 14.9 Å². The summed E-state index contributed by atoms with van der Waals surface area (Å²) < 4.78 is 5.91. The van der Waals surface area contributed by atoms with Crippen molar-refractivity contribution in [2.24, 2.45) is 0 Å². The maximum Gasteiger partial charge on any atom is 0.106 e. The Labute approximate surface area is 125 Å². The van der Waals surface area contributed by atoms with Crippen LogP contribution in [0, 0.1) is 6.92 Å². The fourth-order valence-corrected chi connectivity index (χ4v) is 3.48. The number of rotatable bonds is 1. The van der Waals surface area contributed by atoms with Gasteiger partial charge in [0, 0.05) is 37.1 Å². The third-order valence-corrected chi connectivity index (χ3v) is 4.87. The fourth-order valence-electron chi connectivity index (χ4n) is 3.48. The van der Waals surface area contributed by atoms with Gasteiger partial charge in [0.2, 0.25) is 0 Å². The van der Waals surface area contributed by atoms with Crippen LogP contribution in [0.3, 0.4) is 0 Å². The molecule has 2 N–H and O–H groups in total. The standard InChI is InChI=1S/C16H24N2O3/c1-12-9-13(3-6-17-12)18-7-4-16(5-8-18)11-15(2,20)14(19)10-21-16/h3,6,9,14,19-20H,4-5,7-8,10-11H2,1-2H3/t14-,15-/m0/s1. The Kier molecular flexibility index (Phi) is 3.67. The number of aliphatic hydroxyl groups is 2. The molecule has 0 radical (unpaired) electrons. The van der Waals surface area contributed by atoms with E-state index in [1.165, 1.54) is 5.69 Å². The van der Waals surface area contributed by atoms with Crippen molar-refractivity contribution in [1.29, 1.82) is 0 Å². The number of anilines is 1. The molecule has 0 aliphatic carbocycles. The van der Waals surface area contributed by atoms with Crippen molar-refractivity contribution in [3.63, 3.8) is 0 Å². The summed E-state index contributed by atoms with van der Waals surface area (Å²) in [7, 11) is 0. The van der Waals surface area contributed by atoms with Gasteiger partial charge in [-0.3, -0.25) is 4.98 Å². The van der Waals surface area contributed by atoms with Crippen molar-refractivity contribution in [3.05, 3.63) is 24.0 Å². The molecule has 1 aromatic rings.